The van der Waals surface area contributed by atoms with Crippen LogP contribution in [0.25, 0.3) is 0 Å². The highest BCUT2D eigenvalue weighted by atomic mass is 16.3. The first-order valence-electron chi connectivity index (χ1n) is 5.97. The minimum absolute atomic E-state index is 0.245. The summed E-state index contributed by atoms with van der Waals surface area (Å²) >= 11 is 0. The molecule has 0 bridgehead atoms. The largest absolute Gasteiger partial charge is 0.507 e. The normalized spacial score (nSPS) is 12.1. The molecule has 0 aromatic heterocycles. The number of rotatable bonds is 5. The lowest BCUT2D eigenvalue weighted by Gasteiger charge is -2.14. The van der Waals surface area contributed by atoms with Crippen LogP contribution in [0.4, 0.5) is 0 Å². The Morgan fingerprint density at radius 3 is 2.41 bits per heavy atom. The third kappa shape index (κ3) is 3.76. The van der Waals surface area contributed by atoms with E-state index in [1.807, 2.05) is 26.0 Å². The van der Waals surface area contributed by atoms with Crippen LogP contribution in [0.15, 0.2) is 12.1 Å². The van der Waals surface area contributed by atoms with Gasteiger partial charge in [0.15, 0.2) is 0 Å². The first-order chi connectivity index (χ1) is 8.08. The molecule has 1 atom stereocenters. The monoisotopic (exact) mass is 232 g/mol. The summed E-state index contributed by atoms with van der Waals surface area (Å²) in [6.45, 7) is 6.61. The van der Waals surface area contributed by atoms with Gasteiger partial charge in [0, 0.05) is 12.6 Å². The topological polar surface area (TPSA) is 56.0 Å². The van der Waals surface area contributed by atoms with Gasteiger partial charge in [0.25, 0.3) is 0 Å². The number of hydrogen-bond acceptors (Lipinski definition) is 3. The molecule has 0 saturated carbocycles. The van der Waals surface area contributed by atoms with Crippen LogP contribution in [0, 0.1) is 25.2 Å². The van der Waals surface area contributed by atoms with Gasteiger partial charge < -0.3 is 10.4 Å². The molecule has 1 aromatic rings. The molecule has 0 heterocycles. The zero-order valence-electron chi connectivity index (χ0n) is 10.7. The maximum absolute atomic E-state index is 9.68. The Hall–Kier alpha value is -1.53. The minimum atomic E-state index is 0.245. The Kier molecular flexibility index (Phi) is 4.99. The van der Waals surface area contributed by atoms with E-state index < -0.39 is 0 Å². The third-order valence-electron chi connectivity index (χ3n) is 2.98. The van der Waals surface area contributed by atoms with Crippen LogP contribution in [-0.4, -0.2) is 11.1 Å². The van der Waals surface area contributed by atoms with Crippen molar-refractivity contribution in [1.82, 2.24) is 5.32 Å². The molecule has 2 N–H and O–H groups in total. The fraction of sp³-hybridized carbons (Fsp3) is 0.500. The zero-order valence-corrected chi connectivity index (χ0v) is 10.7. The van der Waals surface area contributed by atoms with Crippen molar-refractivity contribution >= 4 is 0 Å². The summed E-state index contributed by atoms with van der Waals surface area (Å²) in [5, 5.41) is 21.7. The van der Waals surface area contributed by atoms with Gasteiger partial charge in [-0.2, -0.15) is 5.26 Å². The van der Waals surface area contributed by atoms with Gasteiger partial charge >= 0.3 is 0 Å². The predicted octanol–water partition coefficient (Wildman–Crippen LogP) is 2.79. The third-order valence-corrected chi connectivity index (χ3v) is 2.98. The van der Waals surface area contributed by atoms with Crippen LogP contribution in [0.5, 0.6) is 5.75 Å². The van der Waals surface area contributed by atoms with Gasteiger partial charge in [0.1, 0.15) is 5.75 Å². The van der Waals surface area contributed by atoms with Gasteiger partial charge in [-0.15, -0.1) is 0 Å². The molecule has 1 aromatic carbocycles. The van der Waals surface area contributed by atoms with Crippen LogP contribution in [0.2, 0.25) is 0 Å². The van der Waals surface area contributed by atoms with Crippen molar-refractivity contribution in [3.8, 4) is 11.8 Å². The van der Waals surface area contributed by atoms with E-state index in [9.17, 15) is 5.11 Å². The summed E-state index contributed by atoms with van der Waals surface area (Å²) < 4.78 is 0. The Morgan fingerprint density at radius 1 is 1.35 bits per heavy atom. The Bertz CT molecular complexity index is 398. The molecule has 1 unspecified atom stereocenters. The number of aromatic hydroxyl groups is 1. The zero-order chi connectivity index (χ0) is 12.8. The molecule has 0 spiro atoms. The molecular formula is C14H20N2O. The van der Waals surface area contributed by atoms with Crippen LogP contribution < -0.4 is 5.32 Å². The number of nitriles is 1. The first-order valence-corrected chi connectivity index (χ1v) is 5.97. The number of nitrogens with zero attached hydrogens (tertiary/aromatic N) is 1. The number of aryl methyl sites for hydroxylation is 2. The molecule has 3 heteroatoms. The Labute approximate surface area is 103 Å². The SMILES string of the molecule is CCC(CC#N)NCc1cc(C)c(O)c(C)c1. The lowest BCUT2D eigenvalue weighted by molar-refractivity contribution is 0.465. The van der Waals surface area contributed by atoms with Crippen molar-refractivity contribution in [3.63, 3.8) is 0 Å². The lowest BCUT2D eigenvalue weighted by Crippen LogP contribution is -2.27. The van der Waals surface area contributed by atoms with Gasteiger partial charge in [-0.1, -0.05) is 19.1 Å². The highest BCUT2D eigenvalue weighted by Crippen LogP contribution is 2.22. The number of phenols is 1. The molecule has 0 aliphatic rings. The second-order valence-corrected chi connectivity index (χ2v) is 4.43. The lowest BCUT2D eigenvalue weighted by atomic mass is 10.0. The van der Waals surface area contributed by atoms with Crippen molar-refractivity contribution < 1.29 is 5.11 Å². The highest BCUT2D eigenvalue weighted by Gasteiger charge is 2.07. The van der Waals surface area contributed by atoms with Crippen molar-refractivity contribution in [3.05, 3.63) is 28.8 Å². The van der Waals surface area contributed by atoms with E-state index in [-0.39, 0.29) is 6.04 Å². The number of hydrogen-bond donors (Lipinski definition) is 2. The number of benzene rings is 1. The Balaban J connectivity index is 2.67. The number of phenolic OH excluding ortho intramolecular Hbond substituents is 1. The summed E-state index contributed by atoms with van der Waals surface area (Å²) in [6.07, 6.45) is 1.48. The molecule has 0 saturated heterocycles. The van der Waals surface area contributed by atoms with Crippen molar-refractivity contribution in [2.24, 2.45) is 0 Å². The average Bonchev–Trinajstić information content (AvgIpc) is 2.31. The maximum atomic E-state index is 9.68. The van der Waals surface area contributed by atoms with E-state index in [1.165, 1.54) is 0 Å². The van der Waals surface area contributed by atoms with E-state index >= 15 is 0 Å². The summed E-state index contributed by atoms with van der Waals surface area (Å²) in [5.74, 6) is 0.373. The van der Waals surface area contributed by atoms with E-state index in [1.54, 1.807) is 0 Å². The summed E-state index contributed by atoms with van der Waals surface area (Å²) in [6, 6.07) is 6.39. The van der Waals surface area contributed by atoms with Crippen LogP contribution in [0.1, 0.15) is 36.5 Å². The fourth-order valence-corrected chi connectivity index (χ4v) is 1.88. The van der Waals surface area contributed by atoms with Gasteiger partial charge in [-0.3, -0.25) is 0 Å². The molecular weight excluding hydrogens is 212 g/mol. The van der Waals surface area contributed by atoms with Crippen LogP contribution in [-0.2, 0) is 6.54 Å². The van der Waals surface area contributed by atoms with Crippen LogP contribution in [0.3, 0.4) is 0 Å². The molecule has 0 fully saturated rings. The molecule has 0 aliphatic carbocycles. The summed E-state index contributed by atoms with van der Waals surface area (Å²) in [4.78, 5) is 0. The summed E-state index contributed by atoms with van der Waals surface area (Å²) in [7, 11) is 0. The maximum Gasteiger partial charge on any atom is 0.121 e. The van der Waals surface area contributed by atoms with E-state index in [4.69, 9.17) is 5.26 Å². The fourth-order valence-electron chi connectivity index (χ4n) is 1.88. The van der Waals surface area contributed by atoms with Crippen molar-refractivity contribution in [2.75, 3.05) is 0 Å². The second kappa shape index (κ2) is 6.27. The van der Waals surface area contributed by atoms with Crippen molar-refractivity contribution in [1.29, 1.82) is 5.26 Å². The molecule has 0 radical (unpaired) electrons. The van der Waals surface area contributed by atoms with E-state index in [2.05, 4.69) is 18.3 Å². The molecule has 0 amide bonds. The second-order valence-electron chi connectivity index (χ2n) is 4.43. The van der Waals surface area contributed by atoms with Crippen molar-refractivity contribution in [2.45, 2.75) is 46.2 Å². The smallest absolute Gasteiger partial charge is 0.121 e. The molecule has 17 heavy (non-hydrogen) atoms. The standard InChI is InChI=1S/C14H20N2O/c1-4-13(5-6-15)16-9-12-7-10(2)14(17)11(3)8-12/h7-8,13,16-17H,4-5,9H2,1-3H3. The average molecular weight is 232 g/mol. The summed E-state index contributed by atoms with van der Waals surface area (Å²) in [5.41, 5.74) is 2.94. The van der Waals surface area contributed by atoms with Gasteiger partial charge in [-0.25, -0.2) is 0 Å². The minimum Gasteiger partial charge on any atom is -0.507 e. The molecule has 92 valence electrons. The van der Waals surface area contributed by atoms with Gasteiger partial charge in [-0.05, 0) is 37.0 Å². The number of nitrogens with one attached hydrogen (secondary N) is 1. The van der Waals surface area contributed by atoms with Gasteiger partial charge in [0.05, 0.1) is 12.5 Å². The van der Waals surface area contributed by atoms with E-state index in [0.29, 0.717) is 12.2 Å². The quantitative estimate of drug-likeness (QED) is 0.820. The predicted molar refractivity (Wildman–Crippen MR) is 68.7 cm³/mol. The molecule has 3 nitrogen and oxygen atoms in total. The first kappa shape index (κ1) is 13.5. The van der Waals surface area contributed by atoms with Gasteiger partial charge in [0.2, 0.25) is 0 Å². The molecule has 1 rings (SSSR count). The highest BCUT2D eigenvalue weighted by molar-refractivity contribution is 5.42. The van der Waals surface area contributed by atoms with E-state index in [0.717, 1.165) is 29.7 Å². The Morgan fingerprint density at radius 2 is 1.94 bits per heavy atom. The molecule has 0 aliphatic heterocycles. The van der Waals surface area contributed by atoms with Crippen LogP contribution >= 0.6 is 0 Å².